The summed E-state index contributed by atoms with van der Waals surface area (Å²) in [6.07, 6.45) is 5.18. The lowest BCUT2D eigenvalue weighted by Gasteiger charge is -2.41. The number of piperidine rings is 1. The average Bonchev–Trinajstić information content (AvgIpc) is 2.77. The summed E-state index contributed by atoms with van der Waals surface area (Å²) in [7, 11) is 0. The Labute approximate surface area is 106 Å². The third kappa shape index (κ3) is 2.33. The van der Waals surface area contributed by atoms with Crippen molar-refractivity contribution < 1.29 is 5.11 Å². The average molecular weight is 252 g/mol. The summed E-state index contributed by atoms with van der Waals surface area (Å²) in [5, 5.41) is 12.6. The van der Waals surface area contributed by atoms with Gasteiger partial charge in [0.15, 0.2) is 5.13 Å². The Morgan fingerprint density at radius 2 is 2.12 bits per heavy atom. The first kappa shape index (κ1) is 11.5. The zero-order chi connectivity index (χ0) is 11.8. The Kier molecular flexibility index (Phi) is 3.09. The lowest BCUT2D eigenvalue weighted by atomic mass is 9.78. The van der Waals surface area contributed by atoms with E-state index in [4.69, 9.17) is 0 Å². The first-order valence-corrected chi connectivity index (χ1v) is 7.49. The summed E-state index contributed by atoms with van der Waals surface area (Å²) in [5.41, 5.74) is 0.820. The molecule has 1 aromatic heterocycles. The summed E-state index contributed by atoms with van der Waals surface area (Å²) >= 11 is 1.68. The minimum atomic E-state index is -0.440. The molecule has 3 nitrogen and oxygen atoms in total. The Hall–Kier alpha value is -0.610. The molecule has 3 atom stereocenters. The van der Waals surface area contributed by atoms with Crippen LogP contribution in [-0.4, -0.2) is 23.2 Å². The number of hydrogen-bond donors (Lipinski definition) is 1. The number of aliphatic hydroxyl groups is 1. The number of thiazole rings is 1. The van der Waals surface area contributed by atoms with Crippen molar-refractivity contribution in [1.29, 1.82) is 0 Å². The second-order valence-electron chi connectivity index (χ2n) is 5.53. The quantitative estimate of drug-likeness (QED) is 0.879. The number of anilines is 1. The molecule has 4 heteroatoms. The van der Waals surface area contributed by atoms with Crippen LogP contribution in [0.3, 0.4) is 0 Å². The predicted octanol–water partition coefficient (Wildman–Crippen LogP) is 2.82. The van der Waals surface area contributed by atoms with Gasteiger partial charge in [-0.1, -0.05) is 6.42 Å². The molecule has 3 rings (SSSR count). The van der Waals surface area contributed by atoms with Gasteiger partial charge in [-0.2, -0.15) is 0 Å². The van der Waals surface area contributed by atoms with Crippen LogP contribution in [0.15, 0.2) is 5.38 Å². The number of aromatic nitrogens is 1. The van der Waals surface area contributed by atoms with Crippen LogP contribution in [0.25, 0.3) is 0 Å². The number of rotatable bonds is 2. The monoisotopic (exact) mass is 252 g/mol. The molecule has 1 N–H and O–H groups in total. The smallest absolute Gasteiger partial charge is 0.185 e. The van der Waals surface area contributed by atoms with Crippen LogP contribution in [0.5, 0.6) is 0 Å². The van der Waals surface area contributed by atoms with Crippen molar-refractivity contribution in [3.63, 3.8) is 0 Å². The number of fused-ring (bicyclic) bond motifs is 2. The van der Waals surface area contributed by atoms with Crippen LogP contribution in [-0.2, 0) is 0 Å². The molecule has 0 amide bonds. The van der Waals surface area contributed by atoms with Gasteiger partial charge in [0.2, 0.25) is 0 Å². The molecule has 0 radical (unpaired) electrons. The van der Waals surface area contributed by atoms with Gasteiger partial charge in [0.05, 0.1) is 11.8 Å². The zero-order valence-corrected chi connectivity index (χ0v) is 11.1. The van der Waals surface area contributed by atoms with Crippen LogP contribution >= 0.6 is 11.3 Å². The second kappa shape index (κ2) is 4.58. The standard InChI is InChI=1S/C13H20N2OS/c1-9(16)12-8-17-13(14-12)15-6-10-3-2-4-11(5-10)7-15/h8-11,16H,2-7H2,1H3. The van der Waals surface area contributed by atoms with E-state index in [-0.39, 0.29) is 0 Å². The minimum Gasteiger partial charge on any atom is -0.387 e. The molecule has 1 saturated carbocycles. The molecule has 1 aliphatic carbocycles. The highest BCUT2D eigenvalue weighted by molar-refractivity contribution is 7.13. The number of nitrogens with zero attached hydrogens (tertiary/aromatic N) is 2. The second-order valence-corrected chi connectivity index (χ2v) is 6.37. The predicted molar refractivity (Wildman–Crippen MR) is 70.4 cm³/mol. The molecule has 2 fully saturated rings. The van der Waals surface area contributed by atoms with Gasteiger partial charge in [-0.15, -0.1) is 11.3 Å². The van der Waals surface area contributed by atoms with Crippen LogP contribution < -0.4 is 4.90 Å². The van der Waals surface area contributed by atoms with Crippen molar-refractivity contribution in [1.82, 2.24) is 4.98 Å². The highest BCUT2D eigenvalue weighted by Gasteiger charge is 2.31. The van der Waals surface area contributed by atoms with Crippen LogP contribution in [0, 0.1) is 11.8 Å². The molecule has 94 valence electrons. The number of aliphatic hydroxyl groups excluding tert-OH is 1. The van der Waals surface area contributed by atoms with E-state index in [9.17, 15) is 5.11 Å². The van der Waals surface area contributed by atoms with Crippen LogP contribution in [0.2, 0.25) is 0 Å². The lowest BCUT2D eigenvalue weighted by Crippen LogP contribution is -2.42. The van der Waals surface area contributed by atoms with E-state index in [0.29, 0.717) is 0 Å². The lowest BCUT2D eigenvalue weighted by molar-refractivity contribution is 0.195. The molecule has 1 aliphatic heterocycles. The van der Waals surface area contributed by atoms with E-state index < -0.39 is 6.10 Å². The molecule has 2 heterocycles. The van der Waals surface area contributed by atoms with Gasteiger partial charge in [-0.25, -0.2) is 4.98 Å². The zero-order valence-electron chi connectivity index (χ0n) is 10.3. The van der Waals surface area contributed by atoms with E-state index in [0.717, 1.165) is 22.7 Å². The van der Waals surface area contributed by atoms with Crippen molar-refractivity contribution in [2.45, 2.75) is 38.7 Å². The largest absolute Gasteiger partial charge is 0.387 e. The fourth-order valence-corrected chi connectivity index (χ4v) is 4.13. The van der Waals surface area contributed by atoms with Gasteiger partial charge in [0, 0.05) is 18.5 Å². The first-order chi connectivity index (χ1) is 8.22. The summed E-state index contributed by atoms with van der Waals surface area (Å²) in [4.78, 5) is 6.99. The van der Waals surface area contributed by atoms with Crippen molar-refractivity contribution in [2.75, 3.05) is 18.0 Å². The summed E-state index contributed by atoms with van der Waals surface area (Å²) in [6, 6.07) is 0. The summed E-state index contributed by atoms with van der Waals surface area (Å²) in [5.74, 6) is 1.75. The van der Waals surface area contributed by atoms with Crippen molar-refractivity contribution >= 4 is 16.5 Å². The number of hydrogen-bond acceptors (Lipinski definition) is 4. The molecule has 2 aliphatic rings. The topological polar surface area (TPSA) is 36.4 Å². The maximum Gasteiger partial charge on any atom is 0.185 e. The first-order valence-electron chi connectivity index (χ1n) is 6.61. The highest BCUT2D eigenvalue weighted by Crippen LogP contribution is 2.37. The summed E-state index contributed by atoms with van der Waals surface area (Å²) < 4.78 is 0. The van der Waals surface area contributed by atoms with Gasteiger partial charge >= 0.3 is 0 Å². The van der Waals surface area contributed by atoms with Crippen molar-refractivity contribution in [2.24, 2.45) is 11.8 Å². The van der Waals surface area contributed by atoms with Gasteiger partial charge in [-0.05, 0) is 38.0 Å². The molecule has 2 bridgehead atoms. The van der Waals surface area contributed by atoms with E-state index in [1.165, 1.54) is 38.8 Å². The molecule has 0 spiro atoms. The van der Waals surface area contributed by atoms with Gasteiger partial charge in [0.25, 0.3) is 0 Å². The molecule has 0 aromatic carbocycles. The fourth-order valence-electron chi connectivity index (χ4n) is 3.20. The molecule has 17 heavy (non-hydrogen) atoms. The summed E-state index contributed by atoms with van der Waals surface area (Å²) in [6.45, 7) is 4.12. The Bertz CT molecular complexity index is 379. The van der Waals surface area contributed by atoms with Gasteiger partial charge in [0.1, 0.15) is 0 Å². The molecular weight excluding hydrogens is 232 g/mol. The molecule has 1 saturated heterocycles. The Morgan fingerprint density at radius 1 is 1.41 bits per heavy atom. The Morgan fingerprint density at radius 3 is 2.71 bits per heavy atom. The SMILES string of the molecule is CC(O)c1csc(N2CC3CCCC(C3)C2)n1. The van der Waals surface area contributed by atoms with Crippen molar-refractivity contribution in [3.8, 4) is 0 Å². The van der Waals surface area contributed by atoms with E-state index in [1.807, 2.05) is 5.38 Å². The Balaban J connectivity index is 1.75. The van der Waals surface area contributed by atoms with Crippen LogP contribution in [0.4, 0.5) is 5.13 Å². The molecule has 1 aromatic rings. The van der Waals surface area contributed by atoms with E-state index >= 15 is 0 Å². The minimum absolute atomic E-state index is 0.440. The highest BCUT2D eigenvalue weighted by atomic mass is 32.1. The van der Waals surface area contributed by atoms with E-state index in [1.54, 1.807) is 18.3 Å². The molecule has 3 unspecified atom stereocenters. The molecular formula is C13H20N2OS. The van der Waals surface area contributed by atoms with Gasteiger partial charge < -0.3 is 10.0 Å². The van der Waals surface area contributed by atoms with Crippen molar-refractivity contribution in [3.05, 3.63) is 11.1 Å². The third-order valence-corrected chi connectivity index (χ3v) is 4.98. The van der Waals surface area contributed by atoms with Crippen LogP contribution in [0.1, 0.15) is 44.4 Å². The van der Waals surface area contributed by atoms with Gasteiger partial charge in [-0.3, -0.25) is 0 Å². The fraction of sp³-hybridized carbons (Fsp3) is 0.769. The normalized spacial score (nSPS) is 30.4. The maximum atomic E-state index is 9.52. The van der Waals surface area contributed by atoms with E-state index in [2.05, 4.69) is 9.88 Å². The third-order valence-electron chi connectivity index (χ3n) is 4.06. The maximum absolute atomic E-state index is 9.52.